The summed E-state index contributed by atoms with van der Waals surface area (Å²) in [6, 6.07) is 5.73. The van der Waals surface area contributed by atoms with Crippen molar-refractivity contribution in [2.45, 2.75) is 82.9 Å². The minimum Gasteiger partial charge on any atom is -0.443 e. The standard InChI is InChI=1S/C22H37IN2O3S/c1-20(2,3)28-19(26)25(16-9-10-17(24-8)18(29)15-16)21(4,5)12-14-27-22(6,7)11-13-23/h9-10,15,24,29H,11-14H2,1-8H3. The molecule has 0 fully saturated rings. The highest BCUT2D eigenvalue weighted by Crippen LogP contribution is 2.33. The molecule has 0 saturated carbocycles. The second-order valence-electron chi connectivity index (χ2n) is 9.38. The van der Waals surface area contributed by atoms with E-state index in [2.05, 4.69) is 54.4 Å². The Morgan fingerprint density at radius 1 is 1.14 bits per heavy atom. The van der Waals surface area contributed by atoms with E-state index in [1.165, 1.54) is 0 Å². The van der Waals surface area contributed by atoms with Crippen LogP contribution in [0.3, 0.4) is 0 Å². The minimum absolute atomic E-state index is 0.180. The summed E-state index contributed by atoms with van der Waals surface area (Å²) >= 11 is 6.92. The molecule has 0 aromatic heterocycles. The Morgan fingerprint density at radius 2 is 1.76 bits per heavy atom. The summed E-state index contributed by atoms with van der Waals surface area (Å²) in [6.45, 7) is 14.5. The number of anilines is 2. The highest BCUT2D eigenvalue weighted by atomic mass is 127. The van der Waals surface area contributed by atoms with E-state index in [4.69, 9.17) is 9.47 Å². The van der Waals surface area contributed by atoms with Crippen molar-refractivity contribution < 1.29 is 14.3 Å². The van der Waals surface area contributed by atoms with Crippen LogP contribution in [0.1, 0.15) is 61.3 Å². The molecule has 0 heterocycles. The number of amides is 1. The van der Waals surface area contributed by atoms with Gasteiger partial charge in [-0.1, -0.05) is 22.6 Å². The zero-order chi connectivity index (χ0) is 22.5. The molecule has 7 heteroatoms. The van der Waals surface area contributed by atoms with Gasteiger partial charge >= 0.3 is 6.09 Å². The predicted octanol–water partition coefficient (Wildman–Crippen LogP) is 6.55. The van der Waals surface area contributed by atoms with Crippen molar-refractivity contribution in [2.24, 2.45) is 0 Å². The monoisotopic (exact) mass is 536 g/mol. The number of thiol groups is 1. The van der Waals surface area contributed by atoms with Crippen molar-refractivity contribution in [1.29, 1.82) is 0 Å². The fourth-order valence-electron chi connectivity index (χ4n) is 2.87. The van der Waals surface area contributed by atoms with E-state index in [0.717, 1.165) is 27.1 Å². The number of carbonyl (C=O) groups is 1. The first kappa shape index (κ1) is 26.4. The van der Waals surface area contributed by atoms with E-state index in [-0.39, 0.29) is 11.7 Å². The van der Waals surface area contributed by atoms with Gasteiger partial charge in [-0.15, -0.1) is 12.6 Å². The molecule has 5 nitrogen and oxygen atoms in total. The maximum atomic E-state index is 13.2. The quantitative estimate of drug-likeness (QED) is 0.214. The molecule has 0 aliphatic rings. The number of hydrogen-bond acceptors (Lipinski definition) is 5. The zero-order valence-corrected chi connectivity index (χ0v) is 22.1. The van der Waals surface area contributed by atoms with Crippen LogP contribution in [0.15, 0.2) is 23.1 Å². The van der Waals surface area contributed by atoms with Gasteiger partial charge in [-0.3, -0.25) is 4.90 Å². The number of alkyl halides is 1. The molecule has 1 aromatic rings. The lowest BCUT2D eigenvalue weighted by Gasteiger charge is -2.40. The SMILES string of the molecule is CNc1ccc(N(C(=O)OC(C)(C)C)C(C)(C)CCOC(C)(C)CCI)cc1S. The molecule has 0 bridgehead atoms. The number of benzene rings is 1. The molecule has 0 aliphatic heterocycles. The van der Waals surface area contributed by atoms with Crippen molar-refractivity contribution >= 4 is 52.7 Å². The number of halogens is 1. The Labute approximate surface area is 195 Å². The summed E-state index contributed by atoms with van der Waals surface area (Å²) < 4.78 is 12.9. The van der Waals surface area contributed by atoms with Gasteiger partial charge < -0.3 is 14.8 Å². The van der Waals surface area contributed by atoms with Crippen LogP contribution in [-0.2, 0) is 9.47 Å². The van der Waals surface area contributed by atoms with Gasteiger partial charge in [0.25, 0.3) is 0 Å². The van der Waals surface area contributed by atoms with Gasteiger partial charge in [0.2, 0.25) is 0 Å². The molecular formula is C22H37IN2O3S. The average Bonchev–Trinajstić information content (AvgIpc) is 2.52. The summed E-state index contributed by atoms with van der Waals surface area (Å²) in [7, 11) is 1.85. The fraction of sp³-hybridized carbons (Fsp3) is 0.682. The first-order chi connectivity index (χ1) is 13.2. The minimum atomic E-state index is -0.584. The number of carbonyl (C=O) groups excluding carboxylic acids is 1. The summed E-state index contributed by atoms with van der Waals surface area (Å²) in [5.41, 5.74) is 0.381. The number of rotatable bonds is 9. The maximum Gasteiger partial charge on any atom is 0.415 e. The van der Waals surface area contributed by atoms with Gasteiger partial charge in [0.15, 0.2) is 0 Å². The Balaban J connectivity index is 3.15. The van der Waals surface area contributed by atoms with Gasteiger partial charge in [0.05, 0.1) is 5.60 Å². The lowest BCUT2D eigenvalue weighted by atomic mass is 9.97. The van der Waals surface area contributed by atoms with Crippen molar-refractivity contribution in [1.82, 2.24) is 0 Å². The molecule has 0 radical (unpaired) electrons. The third kappa shape index (κ3) is 8.53. The maximum absolute atomic E-state index is 13.2. The molecule has 0 spiro atoms. The number of hydrogen-bond donors (Lipinski definition) is 2. The summed E-state index contributed by atoms with van der Waals surface area (Å²) in [6.07, 6.45) is 1.28. The molecule has 29 heavy (non-hydrogen) atoms. The molecule has 1 amide bonds. The van der Waals surface area contributed by atoms with Gasteiger partial charge in [-0.05, 0) is 79.5 Å². The van der Waals surface area contributed by atoms with Gasteiger partial charge in [-0.25, -0.2) is 4.79 Å². The third-order valence-electron chi connectivity index (χ3n) is 4.59. The summed E-state index contributed by atoms with van der Waals surface area (Å²) in [5.74, 6) is 0. The van der Waals surface area contributed by atoms with Gasteiger partial charge in [-0.2, -0.15) is 0 Å². The molecule has 166 valence electrons. The van der Waals surface area contributed by atoms with Crippen LogP contribution in [0.2, 0.25) is 0 Å². The molecule has 0 aliphatic carbocycles. The fourth-order valence-corrected chi connectivity index (χ4v) is 4.49. The Hall–Kier alpha value is -0.670. The van der Waals surface area contributed by atoms with Gasteiger partial charge in [0, 0.05) is 39.9 Å². The summed E-state index contributed by atoms with van der Waals surface area (Å²) in [4.78, 5) is 15.6. The third-order valence-corrected chi connectivity index (χ3v) is 5.50. The highest BCUT2D eigenvalue weighted by Gasteiger charge is 2.36. The topological polar surface area (TPSA) is 50.8 Å². The molecular weight excluding hydrogens is 499 g/mol. The highest BCUT2D eigenvalue weighted by molar-refractivity contribution is 14.1. The molecule has 0 atom stereocenters. The normalized spacial score (nSPS) is 12.6. The lowest BCUT2D eigenvalue weighted by Crippen LogP contribution is -2.51. The number of ether oxygens (including phenoxy) is 2. The Kier molecular flexibility index (Phi) is 9.61. The zero-order valence-electron chi connectivity index (χ0n) is 19.1. The van der Waals surface area contributed by atoms with E-state index in [1.54, 1.807) is 4.90 Å². The molecule has 1 rings (SSSR count). The van der Waals surface area contributed by atoms with E-state index in [9.17, 15) is 4.79 Å². The van der Waals surface area contributed by atoms with Crippen LogP contribution in [0.25, 0.3) is 0 Å². The summed E-state index contributed by atoms with van der Waals surface area (Å²) in [5, 5.41) is 3.10. The van der Waals surface area contributed by atoms with Crippen LogP contribution in [0.5, 0.6) is 0 Å². The first-order valence-corrected chi connectivity index (χ1v) is 11.9. The Morgan fingerprint density at radius 3 is 2.24 bits per heavy atom. The van der Waals surface area contributed by atoms with Crippen LogP contribution < -0.4 is 10.2 Å². The second kappa shape index (κ2) is 10.6. The molecule has 0 saturated heterocycles. The molecule has 1 aromatic carbocycles. The Bertz CT molecular complexity index is 687. The lowest BCUT2D eigenvalue weighted by molar-refractivity contribution is -0.0252. The average molecular weight is 537 g/mol. The van der Waals surface area contributed by atoms with Crippen molar-refractivity contribution in [3.8, 4) is 0 Å². The van der Waals surface area contributed by atoms with Crippen LogP contribution in [0.4, 0.5) is 16.2 Å². The first-order valence-electron chi connectivity index (χ1n) is 9.96. The van der Waals surface area contributed by atoms with E-state index < -0.39 is 11.1 Å². The molecule has 1 N–H and O–H groups in total. The smallest absolute Gasteiger partial charge is 0.415 e. The number of nitrogens with one attached hydrogen (secondary N) is 1. The van der Waals surface area contributed by atoms with Crippen molar-refractivity contribution in [3.05, 3.63) is 18.2 Å². The van der Waals surface area contributed by atoms with Crippen LogP contribution >= 0.6 is 35.2 Å². The number of nitrogens with zero attached hydrogens (tertiary/aromatic N) is 1. The van der Waals surface area contributed by atoms with Crippen molar-refractivity contribution in [3.63, 3.8) is 0 Å². The van der Waals surface area contributed by atoms with E-state index in [0.29, 0.717) is 13.0 Å². The largest absolute Gasteiger partial charge is 0.443 e. The second-order valence-corrected chi connectivity index (χ2v) is 10.9. The van der Waals surface area contributed by atoms with Gasteiger partial charge in [0.1, 0.15) is 5.60 Å². The van der Waals surface area contributed by atoms with Crippen LogP contribution in [0, 0.1) is 0 Å². The molecule has 0 unspecified atom stereocenters. The van der Waals surface area contributed by atoms with E-state index in [1.807, 2.05) is 59.9 Å². The predicted molar refractivity (Wildman–Crippen MR) is 134 cm³/mol. The van der Waals surface area contributed by atoms with Crippen molar-refractivity contribution in [2.75, 3.05) is 28.3 Å². The van der Waals surface area contributed by atoms with Crippen LogP contribution in [-0.4, -0.2) is 40.9 Å². The van der Waals surface area contributed by atoms with E-state index >= 15 is 0 Å².